The molecule has 1 N–H and O–H groups in total. The van der Waals surface area contributed by atoms with Gasteiger partial charge in [0.15, 0.2) is 0 Å². The molecule has 0 aliphatic heterocycles. The third-order valence-electron chi connectivity index (χ3n) is 5.12. The van der Waals surface area contributed by atoms with Gasteiger partial charge in [-0.05, 0) is 36.0 Å². The number of hydrogen-bond donors (Lipinski definition) is 1. The molecule has 0 aliphatic carbocycles. The van der Waals surface area contributed by atoms with Gasteiger partial charge in [-0.25, -0.2) is 8.96 Å². The zero-order valence-corrected chi connectivity index (χ0v) is 20.8. The lowest BCUT2D eigenvalue weighted by Gasteiger charge is -2.21. The highest BCUT2D eigenvalue weighted by Crippen LogP contribution is 2.28. The van der Waals surface area contributed by atoms with E-state index in [9.17, 15) is 13.2 Å². The molecule has 0 aliphatic rings. The second-order valence-corrected chi connectivity index (χ2v) is 11.4. The standard InChI is InChI=1S/C21H31BrN4O3S/c1-7-21(3,4)13-18-14-26(30(28,29)25(5)6)20(24-18)19(23-15(2)27)12-16-8-10-17(22)11-9-16/h8-11,14,19H,7,12-13H2,1-6H3,(H,23,27). The van der Waals surface area contributed by atoms with E-state index in [0.29, 0.717) is 24.4 Å². The van der Waals surface area contributed by atoms with Gasteiger partial charge < -0.3 is 5.32 Å². The summed E-state index contributed by atoms with van der Waals surface area (Å²) < 4.78 is 29.3. The molecule has 1 amide bonds. The van der Waals surface area contributed by atoms with E-state index in [4.69, 9.17) is 4.98 Å². The largest absolute Gasteiger partial charge is 0.346 e. The first-order chi connectivity index (χ1) is 13.9. The van der Waals surface area contributed by atoms with Gasteiger partial charge in [0.05, 0.1) is 11.7 Å². The number of aromatic nitrogens is 2. The van der Waals surface area contributed by atoms with Crippen molar-refractivity contribution in [1.82, 2.24) is 18.6 Å². The minimum absolute atomic E-state index is 0.0203. The van der Waals surface area contributed by atoms with Crippen molar-refractivity contribution in [3.8, 4) is 0 Å². The van der Waals surface area contributed by atoms with E-state index in [1.807, 2.05) is 24.3 Å². The van der Waals surface area contributed by atoms with Crippen molar-refractivity contribution in [2.45, 2.75) is 53.0 Å². The minimum Gasteiger partial charge on any atom is -0.346 e. The molecule has 0 bridgehead atoms. The maximum absolute atomic E-state index is 13.0. The molecule has 1 heterocycles. The van der Waals surface area contributed by atoms with E-state index in [1.165, 1.54) is 25.0 Å². The van der Waals surface area contributed by atoms with Crippen LogP contribution in [0.1, 0.15) is 57.2 Å². The van der Waals surface area contributed by atoms with Crippen LogP contribution in [0, 0.1) is 5.41 Å². The van der Waals surface area contributed by atoms with Crippen LogP contribution in [0.15, 0.2) is 34.9 Å². The summed E-state index contributed by atoms with van der Waals surface area (Å²) in [5.74, 6) is 0.0630. The van der Waals surface area contributed by atoms with Gasteiger partial charge in [0.1, 0.15) is 5.82 Å². The van der Waals surface area contributed by atoms with Gasteiger partial charge in [-0.15, -0.1) is 0 Å². The maximum atomic E-state index is 13.0. The van der Waals surface area contributed by atoms with Crippen LogP contribution in [0.25, 0.3) is 0 Å². The highest BCUT2D eigenvalue weighted by Gasteiger charge is 2.29. The molecule has 1 unspecified atom stereocenters. The van der Waals surface area contributed by atoms with Gasteiger partial charge in [-0.2, -0.15) is 12.7 Å². The van der Waals surface area contributed by atoms with E-state index in [2.05, 4.69) is 42.0 Å². The van der Waals surface area contributed by atoms with Crippen molar-refractivity contribution in [2.75, 3.05) is 14.1 Å². The summed E-state index contributed by atoms with van der Waals surface area (Å²) in [5.41, 5.74) is 1.63. The summed E-state index contributed by atoms with van der Waals surface area (Å²) in [4.78, 5) is 16.6. The van der Waals surface area contributed by atoms with E-state index in [-0.39, 0.29) is 11.3 Å². The molecule has 1 aromatic heterocycles. The van der Waals surface area contributed by atoms with Crippen molar-refractivity contribution < 1.29 is 13.2 Å². The van der Waals surface area contributed by atoms with Crippen LogP contribution in [0.2, 0.25) is 0 Å². The molecule has 0 saturated carbocycles. The molecule has 166 valence electrons. The Morgan fingerprint density at radius 1 is 1.27 bits per heavy atom. The van der Waals surface area contributed by atoms with Gasteiger partial charge >= 0.3 is 10.2 Å². The zero-order chi connectivity index (χ0) is 22.7. The van der Waals surface area contributed by atoms with Crippen LogP contribution in [0.4, 0.5) is 0 Å². The smallest absolute Gasteiger partial charge is 0.308 e. The summed E-state index contributed by atoms with van der Waals surface area (Å²) in [6.45, 7) is 7.77. The van der Waals surface area contributed by atoms with Gasteiger partial charge in [0, 0.05) is 31.7 Å². The van der Waals surface area contributed by atoms with Crippen LogP contribution in [-0.2, 0) is 27.8 Å². The number of nitrogens with zero attached hydrogens (tertiary/aromatic N) is 3. The lowest BCUT2D eigenvalue weighted by molar-refractivity contribution is -0.119. The van der Waals surface area contributed by atoms with Gasteiger partial charge in [-0.3, -0.25) is 4.79 Å². The van der Waals surface area contributed by atoms with E-state index in [0.717, 1.165) is 20.8 Å². The average molecular weight is 499 g/mol. The van der Waals surface area contributed by atoms with Gasteiger partial charge in [-0.1, -0.05) is 55.3 Å². The molecule has 0 saturated heterocycles. The fourth-order valence-electron chi connectivity index (χ4n) is 3.03. The third-order valence-corrected chi connectivity index (χ3v) is 7.36. The first-order valence-corrected chi connectivity index (χ1v) is 12.1. The third kappa shape index (κ3) is 6.15. The van der Waals surface area contributed by atoms with Crippen LogP contribution < -0.4 is 5.32 Å². The Labute approximate surface area is 188 Å². The summed E-state index contributed by atoms with van der Waals surface area (Å²) in [7, 11) is -0.834. The predicted molar refractivity (Wildman–Crippen MR) is 122 cm³/mol. The average Bonchev–Trinajstić information content (AvgIpc) is 3.06. The van der Waals surface area contributed by atoms with Crippen LogP contribution in [-0.4, -0.2) is 41.7 Å². The SMILES string of the molecule is CCC(C)(C)Cc1cn(S(=O)(=O)N(C)C)c(C(Cc2ccc(Br)cc2)NC(C)=O)n1. The lowest BCUT2D eigenvalue weighted by Crippen LogP contribution is -2.35. The molecule has 1 aromatic carbocycles. The predicted octanol–water partition coefficient (Wildman–Crippen LogP) is 3.70. The van der Waals surface area contributed by atoms with Crippen LogP contribution in [0.3, 0.4) is 0 Å². The van der Waals surface area contributed by atoms with Crippen molar-refractivity contribution in [3.05, 3.63) is 52.0 Å². The number of halogens is 1. The number of carbonyl (C=O) groups excluding carboxylic acids is 1. The zero-order valence-electron chi connectivity index (χ0n) is 18.4. The highest BCUT2D eigenvalue weighted by atomic mass is 79.9. The van der Waals surface area contributed by atoms with E-state index < -0.39 is 16.3 Å². The topological polar surface area (TPSA) is 84.3 Å². The number of imidazole rings is 1. The number of nitrogens with one attached hydrogen (secondary N) is 1. The summed E-state index contributed by atoms with van der Waals surface area (Å²) in [5, 5.41) is 2.88. The number of amides is 1. The summed E-state index contributed by atoms with van der Waals surface area (Å²) in [6, 6.07) is 7.12. The Morgan fingerprint density at radius 3 is 2.37 bits per heavy atom. The van der Waals surface area contributed by atoms with E-state index >= 15 is 0 Å². The Kier molecular flexibility index (Phi) is 7.87. The van der Waals surface area contributed by atoms with Gasteiger partial charge in [0.25, 0.3) is 0 Å². The molecule has 30 heavy (non-hydrogen) atoms. The molecule has 0 radical (unpaired) electrons. The highest BCUT2D eigenvalue weighted by molar-refractivity contribution is 9.10. The van der Waals surface area contributed by atoms with Crippen LogP contribution in [0.5, 0.6) is 0 Å². The van der Waals surface area contributed by atoms with Gasteiger partial charge in [0.2, 0.25) is 5.91 Å². The fourth-order valence-corrected chi connectivity index (χ4v) is 4.30. The van der Waals surface area contributed by atoms with Crippen molar-refractivity contribution in [2.24, 2.45) is 5.41 Å². The molecule has 7 nitrogen and oxygen atoms in total. The molecule has 2 aromatic rings. The quantitative estimate of drug-likeness (QED) is 0.571. The number of hydrogen-bond acceptors (Lipinski definition) is 4. The monoisotopic (exact) mass is 498 g/mol. The summed E-state index contributed by atoms with van der Waals surface area (Å²) >= 11 is 3.42. The molecule has 2 rings (SSSR count). The summed E-state index contributed by atoms with van der Waals surface area (Å²) in [6.07, 6.45) is 3.57. The van der Waals surface area contributed by atoms with Crippen molar-refractivity contribution in [3.63, 3.8) is 0 Å². The first kappa shape index (κ1) is 24.6. The Morgan fingerprint density at radius 2 is 1.87 bits per heavy atom. The fraction of sp³-hybridized carbons (Fsp3) is 0.524. The number of rotatable bonds is 9. The van der Waals surface area contributed by atoms with E-state index in [1.54, 1.807) is 6.20 Å². The molecular formula is C21H31BrN4O3S. The first-order valence-electron chi connectivity index (χ1n) is 9.88. The van der Waals surface area contributed by atoms with Crippen LogP contribution >= 0.6 is 15.9 Å². The maximum Gasteiger partial charge on any atom is 0.308 e. The van der Waals surface area contributed by atoms with Crippen molar-refractivity contribution in [1.29, 1.82) is 0 Å². The lowest BCUT2D eigenvalue weighted by atomic mass is 9.85. The Hall–Kier alpha value is -1.71. The second-order valence-electron chi connectivity index (χ2n) is 8.45. The Bertz CT molecular complexity index is 982. The minimum atomic E-state index is -3.80. The number of benzene rings is 1. The molecule has 1 atom stereocenters. The normalized spacial score (nSPS) is 13.5. The molecule has 0 spiro atoms. The molecule has 9 heteroatoms. The number of carbonyl (C=O) groups is 1. The second kappa shape index (κ2) is 9.62. The molecule has 0 fully saturated rings. The van der Waals surface area contributed by atoms with Crippen molar-refractivity contribution >= 4 is 32.0 Å². The Balaban J connectivity index is 2.57. The molecular weight excluding hydrogens is 468 g/mol.